The first-order chi connectivity index (χ1) is 11.2. The molecule has 0 saturated heterocycles. The second kappa shape index (κ2) is 8.70. The zero-order valence-corrected chi connectivity index (χ0v) is 12.9. The molecule has 0 aromatic heterocycles. The molecule has 4 N–H and O–H groups in total. The van der Waals surface area contributed by atoms with Crippen LogP contribution in [0.25, 0.3) is 0 Å². The SMILES string of the molecule is NC(=O)C(NCC(=O)NCCc1ccccc1)c1ccccc1. The van der Waals surface area contributed by atoms with E-state index in [1.807, 2.05) is 48.5 Å². The highest BCUT2D eigenvalue weighted by molar-refractivity contribution is 5.83. The van der Waals surface area contributed by atoms with Crippen molar-refractivity contribution in [2.24, 2.45) is 5.73 Å². The molecule has 5 heteroatoms. The Morgan fingerprint density at radius 3 is 2.17 bits per heavy atom. The third kappa shape index (κ3) is 5.56. The van der Waals surface area contributed by atoms with Crippen molar-refractivity contribution in [2.75, 3.05) is 13.1 Å². The largest absolute Gasteiger partial charge is 0.368 e. The van der Waals surface area contributed by atoms with Crippen molar-refractivity contribution < 1.29 is 9.59 Å². The molecular weight excluding hydrogens is 290 g/mol. The van der Waals surface area contributed by atoms with Gasteiger partial charge in [-0.1, -0.05) is 60.7 Å². The van der Waals surface area contributed by atoms with Gasteiger partial charge in [0, 0.05) is 6.54 Å². The maximum absolute atomic E-state index is 11.9. The van der Waals surface area contributed by atoms with Gasteiger partial charge in [0.15, 0.2) is 0 Å². The highest BCUT2D eigenvalue weighted by Crippen LogP contribution is 2.11. The van der Waals surface area contributed by atoms with Crippen LogP contribution >= 0.6 is 0 Å². The number of rotatable bonds is 8. The van der Waals surface area contributed by atoms with Crippen LogP contribution in [0.2, 0.25) is 0 Å². The topological polar surface area (TPSA) is 84.2 Å². The van der Waals surface area contributed by atoms with Gasteiger partial charge in [-0.25, -0.2) is 0 Å². The lowest BCUT2D eigenvalue weighted by Gasteiger charge is -2.15. The van der Waals surface area contributed by atoms with E-state index in [1.165, 1.54) is 5.56 Å². The maximum atomic E-state index is 11.9. The molecule has 2 aromatic rings. The first-order valence-corrected chi connectivity index (χ1v) is 7.55. The number of nitrogens with one attached hydrogen (secondary N) is 2. The summed E-state index contributed by atoms with van der Waals surface area (Å²) in [6, 6.07) is 18.4. The summed E-state index contributed by atoms with van der Waals surface area (Å²) in [4.78, 5) is 23.4. The van der Waals surface area contributed by atoms with Crippen molar-refractivity contribution in [2.45, 2.75) is 12.5 Å². The van der Waals surface area contributed by atoms with Gasteiger partial charge in [-0.05, 0) is 17.5 Å². The van der Waals surface area contributed by atoms with Crippen LogP contribution < -0.4 is 16.4 Å². The quantitative estimate of drug-likeness (QED) is 0.684. The Kier molecular flexibility index (Phi) is 6.32. The van der Waals surface area contributed by atoms with Crippen LogP contribution in [0.15, 0.2) is 60.7 Å². The molecule has 1 atom stereocenters. The molecule has 0 saturated carbocycles. The summed E-state index contributed by atoms with van der Waals surface area (Å²) in [5, 5.41) is 5.72. The second-order valence-electron chi connectivity index (χ2n) is 5.21. The zero-order valence-electron chi connectivity index (χ0n) is 12.9. The number of carbonyl (C=O) groups is 2. The van der Waals surface area contributed by atoms with Crippen LogP contribution in [-0.4, -0.2) is 24.9 Å². The predicted octanol–water partition coefficient (Wildman–Crippen LogP) is 1.16. The second-order valence-corrected chi connectivity index (χ2v) is 5.21. The van der Waals surface area contributed by atoms with E-state index < -0.39 is 11.9 Å². The van der Waals surface area contributed by atoms with Crippen molar-refractivity contribution in [3.8, 4) is 0 Å². The van der Waals surface area contributed by atoms with Gasteiger partial charge in [-0.2, -0.15) is 0 Å². The Hall–Kier alpha value is -2.66. The molecule has 23 heavy (non-hydrogen) atoms. The Morgan fingerprint density at radius 2 is 1.57 bits per heavy atom. The number of nitrogens with two attached hydrogens (primary N) is 1. The Balaban J connectivity index is 1.77. The van der Waals surface area contributed by atoms with Crippen LogP contribution in [-0.2, 0) is 16.0 Å². The van der Waals surface area contributed by atoms with E-state index in [9.17, 15) is 9.59 Å². The molecule has 0 aliphatic heterocycles. The van der Waals surface area contributed by atoms with E-state index in [2.05, 4.69) is 10.6 Å². The van der Waals surface area contributed by atoms with Gasteiger partial charge in [0.2, 0.25) is 11.8 Å². The summed E-state index contributed by atoms with van der Waals surface area (Å²) >= 11 is 0. The minimum absolute atomic E-state index is 0.0390. The van der Waals surface area contributed by atoms with E-state index in [0.717, 1.165) is 12.0 Å². The molecule has 2 aromatic carbocycles. The predicted molar refractivity (Wildman–Crippen MR) is 89.5 cm³/mol. The van der Waals surface area contributed by atoms with Crippen LogP contribution in [0.1, 0.15) is 17.2 Å². The summed E-state index contributed by atoms with van der Waals surface area (Å²) in [7, 11) is 0. The number of carbonyl (C=O) groups excluding carboxylic acids is 2. The van der Waals surface area contributed by atoms with Gasteiger partial charge < -0.3 is 11.1 Å². The van der Waals surface area contributed by atoms with Crippen molar-refractivity contribution in [1.29, 1.82) is 0 Å². The van der Waals surface area contributed by atoms with Gasteiger partial charge in [-0.15, -0.1) is 0 Å². The molecule has 2 rings (SSSR count). The molecule has 0 heterocycles. The van der Waals surface area contributed by atoms with E-state index in [0.29, 0.717) is 6.54 Å². The summed E-state index contributed by atoms with van der Waals surface area (Å²) in [6.07, 6.45) is 0.768. The third-order valence-electron chi connectivity index (χ3n) is 3.46. The molecule has 5 nitrogen and oxygen atoms in total. The molecule has 0 fully saturated rings. The van der Waals surface area contributed by atoms with E-state index >= 15 is 0 Å². The smallest absolute Gasteiger partial charge is 0.239 e. The average Bonchev–Trinajstić information content (AvgIpc) is 2.57. The van der Waals surface area contributed by atoms with E-state index in [-0.39, 0.29) is 12.5 Å². The lowest BCUT2D eigenvalue weighted by Crippen LogP contribution is -2.40. The fraction of sp³-hybridized carbons (Fsp3) is 0.222. The summed E-state index contributed by atoms with van der Waals surface area (Å²) < 4.78 is 0. The standard InChI is InChI=1S/C18H21N3O2/c19-18(23)17(15-9-5-2-6-10-15)21-13-16(22)20-12-11-14-7-3-1-4-8-14/h1-10,17,21H,11-13H2,(H2,19,23)(H,20,22). The maximum Gasteiger partial charge on any atom is 0.239 e. The number of benzene rings is 2. The van der Waals surface area contributed by atoms with Gasteiger partial charge >= 0.3 is 0 Å². The van der Waals surface area contributed by atoms with Crippen LogP contribution in [0.4, 0.5) is 0 Å². The van der Waals surface area contributed by atoms with Gasteiger partial charge in [0.1, 0.15) is 6.04 Å². The highest BCUT2D eigenvalue weighted by Gasteiger charge is 2.17. The van der Waals surface area contributed by atoms with Crippen LogP contribution in [0.3, 0.4) is 0 Å². The fourth-order valence-corrected chi connectivity index (χ4v) is 2.28. The average molecular weight is 311 g/mol. The van der Waals surface area contributed by atoms with Crippen LogP contribution in [0, 0.1) is 0 Å². The van der Waals surface area contributed by atoms with Crippen molar-refractivity contribution in [3.05, 3.63) is 71.8 Å². The normalized spacial score (nSPS) is 11.7. The molecule has 0 bridgehead atoms. The Labute approximate surface area is 135 Å². The summed E-state index contributed by atoms with van der Waals surface area (Å²) in [5.74, 6) is -0.670. The molecule has 2 amide bonds. The van der Waals surface area contributed by atoms with Gasteiger partial charge in [0.05, 0.1) is 6.54 Å². The Bertz CT molecular complexity index is 629. The third-order valence-corrected chi connectivity index (χ3v) is 3.46. The highest BCUT2D eigenvalue weighted by atomic mass is 16.2. The van der Waals surface area contributed by atoms with Crippen molar-refractivity contribution >= 4 is 11.8 Å². The van der Waals surface area contributed by atoms with E-state index in [1.54, 1.807) is 12.1 Å². The number of hydrogen-bond acceptors (Lipinski definition) is 3. The molecule has 0 aliphatic rings. The first-order valence-electron chi connectivity index (χ1n) is 7.55. The molecule has 1 unspecified atom stereocenters. The van der Waals surface area contributed by atoms with Gasteiger partial charge in [-0.3, -0.25) is 14.9 Å². The van der Waals surface area contributed by atoms with Crippen molar-refractivity contribution in [3.63, 3.8) is 0 Å². The number of amides is 2. The number of primary amides is 1. The molecule has 0 radical (unpaired) electrons. The fourth-order valence-electron chi connectivity index (χ4n) is 2.28. The van der Waals surface area contributed by atoms with Gasteiger partial charge in [0.25, 0.3) is 0 Å². The first kappa shape index (κ1) is 16.7. The Morgan fingerprint density at radius 1 is 0.957 bits per heavy atom. The summed E-state index contributed by atoms with van der Waals surface area (Å²) in [5.41, 5.74) is 7.31. The molecule has 0 aliphatic carbocycles. The molecule has 0 spiro atoms. The van der Waals surface area contributed by atoms with Crippen molar-refractivity contribution in [1.82, 2.24) is 10.6 Å². The lowest BCUT2D eigenvalue weighted by atomic mass is 10.1. The zero-order chi connectivity index (χ0) is 16.5. The van der Waals surface area contributed by atoms with Crippen LogP contribution in [0.5, 0.6) is 0 Å². The monoisotopic (exact) mass is 311 g/mol. The number of hydrogen-bond donors (Lipinski definition) is 3. The molecule has 120 valence electrons. The summed E-state index contributed by atoms with van der Waals surface area (Å²) in [6.45, 7) is 0.592. The molecular formula is C18H21N3O2. The minimum Gasteiger partial charge on any atom is -0.368 e. The van der Waals surface area contributed by atoms with E-state index in [4.69, 9.17) is 5.73 Å². The lowest BCUT2D eigenvalue weighted by molar-refractivity contribution is -0.121. The minimum atomic E-state index is -0.670.